The molecule has 0 radical (unpaired) electrons. The monoisotopic (exact) mass is 324 g/mol. The summed E-state index contributed by atoms with van der Waals surface area (Å²) in [4.78, 5) is 14.4. The van der Waals surface area contributed by atoms with Crippen LogP contribution in [0.1, 0.15) is 12.8 Å². The van der Waals surface area contributed by atoms with E-state index in [2.05, 4.69) is 23.5 Å². The maximum atomic E-state index is 12.4. The van der Waals surface area contributed by atoms with Gasteiger partial charge in [0.05, 0.1) is 6.61 Å². The van der Waals surface area contributed by atoms with Gasteiger partial charge in [-0.2, -0.15) is 0 Å². The number of carbonyl (C=O) groups excluding carboxylic acids is 1. The molecule has 2 saturated heterocycles. The molecule has 0 saturated carbocycles. The van der Waals surface area contributed by atoms with Gasteiger partial charge in [-0.1, -0.05) is 36.4 Å². The first-order valence-electron chi connectivity index (χ1n) is 8.90. The molecule has 2 aromatic carbocycles. The number of rotatable bonds is 5. The summed E-state index contributed by atoms with van der Waals surface area (Å²) in [5, 5.41) is 5.73. The zero-order valence-electron chi connectivity index (χ0n) is 13.9. The molecule has 2 atom stereocenters. The number of benzene rings is 2. The summed E-state index contributed by atoms with van der Waals surface area (Å²) >= 11 is 0. The van der Waals surface area contributed by atoms with Crippen LogP contribution in [0.25, 0.3) is 10.8 Å². The number of likely N-dealkylation sites (tertiary alicyclic amines) is 1. The molecule has 0 spiro atoms. The van der Waals surface area contributed by atoms with Crippen LogP contribution in [0.3, 0.4) is 0 Å². The molecular weight excluding hydrogens is 300 g/mol. The molecule has 4 nitrogen and oxygen atoms in total. The van der Waals surface area contributed by atoms with Crippen molar-refractivity contribution in [1.82, 2.24) is 10.2 Å². The number of nitrogens with one attached hydrogen (secondary N) is 1. The molecule has 2 aromatic rings. The van der Waals surface area contributed by atoms with Crippen LogP contribution >= 0.6 is 0 Å². The van der Waals surface area contributed by atoms with E-state index in [9.17, 15) is 4.79 Å². The van der Waals surface area contributed by atoms with Crippen molar-refractivity contribution in [2.45, 2.75) is 12.8 Å². The Balaban J connectivity index is 1.26. The van der Waals surface area contributed by atoms with E-state index < -0.39 is 0 Å². The lowest BCUT2D eigenvalue weighted by molar-refractivity contribution is -0.130. The van der Waals surface area contributed by atoms with Gasteiger partial charge < -0.3 is 15.0 Å². The van der Waals surface area contributed by atoms with E-state index in [1.165, 1.54) is 5.39 Å². The van der Waals surface area contributed by atoms with E-state index >= 15 is 0 Å². The third-order valence-electron chi connectivity index (χ3n) is 5.28. The highest BCUT2D eigenvalue weighted by Crippen LogP contribution is 2.27. The van der Waals surface area contributed by atoms with E-state index in [0.29, 0.717) is 24.9 Å². The van der Waals surface area contributed by atoms with Gasteiger partial charge in [0.1, 0.15) is 5.75 Å². The molecule has 4 rings (SSSR count). The molecule has 126 valence electrons. The Labute approximate surface area is 142 Å². The number of fused-ring (bicyclic) bond motifs is 2. The highest BCUT2D eigenvalue weighted by atomic mass is 16.5. The van der Waals surface area contributed by atoms with E-state index in [1.807, 2.05) is 29.2 Å². The van der Waals surface area contributed by atoms with Gasteiger partial charge in [0.2, 0.25) is 5.91 Å². The Hall–Kier alpha value is -2.07. The fraction of sp³-hybridized carbons (Fsp3) is 0.450. The molecule has 0 bridgehead atoms. The Morgan fingerprint density at radius 3 is 2.67 bits per heavy atom. The fourth-order valence-corrected chi connectivity index (χ4v) is 3.94. The van der Waals surface area contributed by atoms with E-state index in [0.717, 1.165) is 43.7 Å². The van der Waals surface area contributed by atoms with Crippen molar-refractivity contribution in [2.75, 3.05) is 32.8 Å². The van der Waals surface area contributed by atoms with Crippen LogP contribution < -0.4 is 10.1 Å². The van der Waals surface area contributed by atoms with Crippen molar-refractivity contribution < 1.29 is 9.53 Å². The van der Waals surface area contributed by atoms with Gasteiger partial charge in [-0.05, 0) is 29.7 Å². The molecular formula is C20H24N2O2. The summed E-state index contributed by atoms with van der Waals surface area (Å²) in [5.74, 6) is 2.52. The van der Waals surface area contributed by atoms with Gasteiger partial charge in [-0.3, -0.25) is 4.79 Å². The smallest absolute Gasteiger partial charge is 0.222 e. The quantitative estimate of drug-likeness (QED) is 0.860. The van der Waals surface area contributed by atoms with Crippen molar-refractivity contribution in [3.05, 3.63) is 42.5 Å². The minimum Gasteiger partial charge on any atom is -0.493 e. The lowest BCUT2D eigenvalue weighted by Crippen LogP contribution is -2.31. The zero-order valence-corrected chi connectivity index (χ0v) is 13.9. The van der Waals surface area contributed by atoms with Crippen LogP contribution in [0.5, 0.6) is 5.75 Å². The highest BCUT2D eigenvalue weighted by Gasteiger charge is 2.37. The molecule has 24 heavy (non-hydrogen) atoms. The van der Waals surface area contributed by atoms with Crippen LogP contribution in [0, 0.1) is 11.8 Å². The maximum Gasteiger partial charge on any atom is 0.222 e. The minimum atomic E-state index is 0.283. The number of amides is 1. The second-order valence-electron chi connectivity index (χ2n) is 6.91. The summed E-state index contributed by atoms with van der Waals surface area (Å²) in [6, 6.07) is 14.3. The lowest BCUT2D eigenvalue weighted by Gasteiger charge is -2.17. The number of nitrogens with zero attached hydrogens (tertiary/aromatic N) is 1. The first-order valence-corrected chi connectivity index (χ1v) is 8.90. The van der Waals surface area contributed by atoms with Crippen LogP contribution in [-0.2, 0) is 4.79 Å². The van der Waals surface area contributed by atoms with Gasteiger partial charge in [-0.15, -0.1) is 0 Å². The summed E-state index contributed by atoms with van der Waals surface area (Å²) in [6.07, 6.45) is 1.35. The van der Waals surface area contributed by atoms with Crippen LogP contribution in [0.4, 0.5) is 0 Å². The minimum absolute atomic E-state index is 0.283. The zero-order chi connectivity index (χ0) is 16.4. The fourth-order valence-electron chi connectivity index (χ4n) is 3.94. The molecule has 2 fully saturated rings. The van der Waals surface area contributed by atoms with Gasteiger partial charge in [0.15, 0.2) is 0 Å². The number of hydrogen-bond acceptors (Lipinski definition) is 3. The third kappa shape index (κ3) is 3.11. The Morgan fingerprint density at radius 1 is 1.08 bits per heavy atom. The van der Waals surface area contributed by atoms with Crippen molar-refractivity contribution >= 4 is 16.7 Å². The molecule has 1 N–H and O–H groups in total. The molecule has 4 heteroatoms. The Bertz CT molecular complexity index is 713. The number of ether oxygens (including phenoxy) is 1. The largest absolute Gasteiger partial charge is 0.493 e. The molecule has 0 aromatic heterocycles. The Morgan fingerprint density at radius 2 is 1.83 bits per heavy atom. The normalized spacial score (nSPS) is 22.8. The van der Waals surface area contributed by atoms with E-state index in [-0.39, 0.29) is 5.91 Å². The van der Waals surface area contributed by atoms with Gasteiger partial charge >= 0.3 is 0 Å². The standard InChI is InChI=1S/C20H24N2O2/c23-20(22-13-16-11-21-12-17(16)14-22)9-4-10-24-19-8-3-6-15-5-1-2-7-18(15)19/h1-3,5-8,16-17,21H,4,9-14H2/t16-,17+. The molecule has 2 heterocycles. The SMILES string of the molecule is O=C(CCCOc1cccc2ccccc12)N1C[C@H]2CNC[C@H]2C1. The van der Waals surface area contributed by atoms with E-state index in [4.69, 9.17) is 4.74 Å². The summed E-state index contributed by atoms with van der Waals surface area (Å²) in [7, 11) is 0. The molecule has 2 aliphatic rings. The van der Waals surface area contributed by atoms with Gasteiger partial charge in [-0.25, -0.2) is 0 Å². The topological polar surface area (TPSA) is 41.6 Å². The average molecular weight is 324 g/mol. The Kier molecular flexibility index (Phi) is 4.39. The summed E-state index contributed by atoms with van der Waals surface area (Å²) < 4.78 is 5.93. The number of carbonyl (C=O) groups is 1. The second-order valence-corrected chi connectivity index (χ2v) is 6.91. The summed E-state index contributed by atoms with van der Waals surface area (Å²) in [5.41, 5.74) is 0. The molecule has 0 aliphatic carbocycles. The van der Waals surface area contributed by atoms with Crippen LogP contribution in [0.15, 0.2) is 42.5 Å². The first kappa shape index (κ1) is 15.5. The molecule has 0 unspecified atom stereocenters. The van der Waals surface area contributed by atoms with Crippen molar-refractivity contribution in [2.24, 2.45) is 11.8 Å². The van der Waals surface area contributed by atoms with Crippen LogP contribution in [-0.4, -0.2) is 43.6 Å². The third-order valence-corrected chi connectivity index (χ3v) is 5.28. The predicted molar refractivity (Wildman–Crippen MR) is 95.1 cm³/mol. The highest BCUT2D eigenvalue weighted by molar-refractivity contribution is 5.88. The predicted octanol–water partition coefficient (Wildman–Crippen LogP) is 2.68. The first-order chi connectivity index (χ1) is 11.8. The molecule has 2 aliphatic heterocycles. The summed E-state index contributed by atoms with van der Waals surface area (Å²) in [6.45, 7) is 4.58. The van der Waals surface area contributed by atoms with Crippen molar-refractivity contribution in [1.29, 1.82) is 0 Å². The number of hydrogen-bond donors (Lipinski definition) is 1. The van der Waals surface area contributed by atoms with E-state index in [1.54, 1.807) is 0 Å². The van der Waals surface area contributed by atoms with Gasteiger partial charge in [0, 0.05) is 38.0 Å². The van der Waals surface area contributed by atoms with Crippen LogP contribution in [0.2, 0.25) is 0 Å². The van der Waals surface area contributed by atoms with Gasteiger partial charge in [0.25, 0.3) is 0 Å². The second kappa shape index (κ2) is 6.81. The van der Waals surface area contributed by atoms with Crippen molar-refractivity contribution in [3.63, 3.8) is 0 Å². The lowest BCUT2D eigenvalue weighted by atomic mass is 10.0. The van der Waals surface area contributed by atoms with Crippen molar-refractivity contribution in [3.8, 4) is 5.75 Å². The maximum absolute atomic E-state index is 12.4. The average Bonchev–Trinajstić information content (AvgIpc) is 3.20. The molecule has 1 amide bonds.